The Balaban J connectivity index is 2.30. The first-order valence-electron chi connectivity index (χ1n) is 5.88. The molecular weight excluding hydrogens is 230 g/mol. The van der Waals surface area contributed by atoms with Crippen molar-refractivity contribution in [3.63, 3.8) is 0 Å². The van der Waals surface area contributed by atoms with Gasteiger partial charge >= 0.3 is 0 Å². The van der Waals surface area contributed by atoms with E-state index in [0.29, 0.717) is 18.2 Å². The molecule has 6 nitrogen and oxygen atoms in total. The highest BCUT2D eigenvalue weighted by Crippen LogP contribution is 2.16. The van der Waals surface area contributed by atoms with E-state index >= 15 is 0 Å². The Morgan fingerprint density at radius 3 is 2.94 bits per heavy atom. The Morgan fingerprint density at radius 2 is 2.22 bits per heavy atom. The zero-order chi connectivity index (χ0) is 13.0. The van der Waals surface area contributed by atoms with Crippen LogP contribution in [0.15, 0.2) is 18.5 Å². The molecular formula is C12H17N5O. The van der Waals surface area contributed by atoms with Crippen LogP contribution in [0.5, 0.6) is 0 Å². The molecule has 0 saturated heterocycles. The second-order valence-corrected chi connectivity index (χ2v) is 4.03. The van der Waals surface area contributed by atoms with Gasteiger partial charge in [-0.2, -0.15) is 5.10 Å². The summed E-state index contributed by atoms with van der Waals surface area (Å²) < 4.78 is 6.92. The number of hydrogen-bond donors (Lipinski definition) is 1. The number of nitrogen functional groups attached to an aromatic ring is 1. The average Bonchev–Trinajstić information content (AvgIpc) is 2.78. The van der Waals surface area contributed by atoms with E-state index in [4.69, 9.17) is 10.5 Å². The molecule has 0 aliphatic heterocycles. The van der Waals surface area contributed by atoms with E-state index in [1.807, 2.05) is 10.9 Å². The van der Waals surface area contributed by atoms with E-state index in [0.717, 1.165) is 24.2 Å². The van der Waals surface area contributed by atoms with Crippen LogP contribution < -0.4 is 5.73 Å². The molecule has 0 amide bonds. The van der Waals surface area contributed by atoms with Gasteiger partial charge in [0.15, 0.2) is 5.82 Å². The number of rotatable bonds is 5. The predicted molar refractivity (Wildman–Crippen MR) is 68.7 cm³/mol. The maximum Gasteiger partial charge on any atom is 0.165 e. The van der Waals surface area contributed by atoms with Crippen molar-refractivity contribution in [3.8, 4) is 11.4 Å². The average molecular weight is 247 g/mol. The summed E-state index contributed by atoms with van der Waals surface area (Å²) >= 11 is 0. The molecule has 6 heteroatoms. The third kappa shape index (κ3) is 2.84. The summed E-state index contributed by atoms with van der Waals surface area (Å²) in [5.41, 5.74) is 7.39. The van der Waals surface area contributed by atoms with Gasteiger partial charge in [0, 0.05) is 25.9 Å². The van der Waals surface area contributed by atoms with Gasteiger partial charge in [0.05, 0.1) is 24.1 Å². The van der Waals surface area contributed by atoms with Crippen molar-refractivity contribution >= 4 is 5.82 Å². The van der Waals surface area contributed by atoms with Crippen molar-refractivity contribution in [3.05, 3.63) is 24.2 Å². The molecule has 0 spiro atoms. The highest BCUT2D eigenvalue weighted by molar-refractivity contribution is 5.54. The normalized spacial score (nSPS) is 10.8. The fraction of sp³-hybridized carbons (Fsp3) is 0.417. The Labute approximate surface area is 106 Å². The third-order valence-electron chi connectivity index (χ3n) is 2.44. The minimum atomic E-state index is 0.419. The Morgan fingerprint density at radius 1 is 1.39 bits per heavy atom. The molecule has 0 radical (unpaired) electrons. The molecule has 2 heterocycles. The van der Waals surface area contributed by atoms with E-state index in [9.17, 15) is 0 Å². The maximum atomic E-state index is 5.76. The Hall–Kier alpha value is -1.95. The molecule has 0 aromatic carbocycles. The van der Waals surface area contributed by atoms with Crippen LogP contribution in [-0.2, 0) is 17.9 Å². The largest absolute Gasteiger partial charge is 0.384 e. The first-order valence-corrected chi connectivity index (χ1v) is 5.88. The van der Waals surface area contributed by atoms with Crippen LogP contribution in [0.1, 0.15) is 19.0 Å². The van der Waals surface area contributed by atoms with Gasteiger partial charge in [0.25, 0.3) is 0 Å². The molecule has 2 N–H and O–H groups in total. The lowest BCUT2D eigenvalue weighted by Crippen LogP contribution is -2.01. The molecule has 96 valence electrons. The Kier molecular flexibility index (Phi) is 3.88. The number of anilines is 1. The van der Waals surface area contributed by atoms with Crippen LogP contribution >= 0.6 is 0 Å². The smallest absolute Gasteiger partial charge is 0.165 e. The van der Waals surface area contributed by atoms with Crippen molar-refractivity contribution in [1.29, 1.82) is 0 Å². The fourth-order valence-electron chi connectivity index (χ4n) is 1.70. The van der Waals surface area contributed by atoms with Gasteiger partial charge in [-0.3, -0.25) is 4.68 Å². The first-order chi connectivity index (χ1) is 8.72. The SMILES string of the molecule is CCCn1cc(-c2nc(N)cc(COC)n2)cn1. The first kappa shape index (κ1) is 12.5. The summed E-state index contributed by atoms with van der Waals surface area (Å²) in [6, 6.07) is 1.71. The molecule has 0 aliphatic carbocycles. The number of nitrogens with two attached hydrogens (primary N) is 1. The van der Waals surface area contributed by atoms with Crippen LogP contribution in [0.4, 0.5) is 5.82 Å². The van der Waals surface area contributed by atoms with Gasteiger partial charge in [-0.1, -0.05) is 6.92 Å². The second kappa shape index (κ2) is 5.59. The summed E-state index contributed by atoms with van der Waals surface area (Å²) in [6.07, 6.45) is 4.71. The number of ether oxygens (including phenoxy) is 1. The second-order valence-electron chi connectivity index (χ2n) is 4.03. The topological polar surface area (TPSA) is 78.9 Å². The van der Waals surface area contributed by atoms with E-state index in [-0.39, 0.29) is 0 Å². The predicted octanol–water partition coefficient (Wildman–Crippen LogP) is 1.48. The number of hydrogen-bond acceptors (Lipinski definition) is 5. The highest BCUT2D eigenvalue weighted by Gasteiger charge is 2.07. The van der Waals surface area contributed by atoms with E-state index in [1.54, 1.807) is 19.4 Å². The van der Waals surface area contributed by atoms with Crippen molar-refractivity contribution in [1.82, 2.24) is 19.7 Å². The highest BCUT2D eigenvalue weighted by atomic mass is 16.5. The van der Waals surface area contributed by atoms with Gasteiger partial charge in [-0.25, -0.2) is 9.97 Å². The summed E-state index contributed by atoms with van der Waals surface area (Å²) in [6.45, 7) is 3.41. The molecule has 18 heavy (non-hydrogen) atoms. The summed E-state index contributed by atoms with van der Waals surface area (Å²) in [4.78, 5) is 8.62. The summed E-state index contributed by atoms with van der Waals surface area (Å²) in [5, 5.41) is 4.25. The molecule has 0 saturated carbocycles. The lowest BCUT2D eigenvalue weighted by atomic mass is 10.3. The van der Waals surface area contributed by atoms with Crippen molar-refractivity contribution in [2.45, 2.75) is 26.5 Å². The molecule has 2 aromatic heterocycles. The summed E-state index contributed by atoms with van der Waals surface area (Å²) in [5.74, 6) is 1.03. The van der Waals surface area contributed by atoms with Gasteiger partial charge in [0.1, 0.15) is 5.82 Å². The quantitative estimate of drug-likeness (QED) is 0.865. The van der Waals surface area contributed by atoms with E-state index in [2.05, 4.69) is 22.0 Å². The zero-order valence-electron chi connectivity index (χ0n) is 10.6. The van der Waals surface area contributed by atoms with Crippen molar-refractivity contribution < 1.29 is 4.74 Å². The van der Waals surface area contributed by atoms with Gasteiger partial charge < -0.3 is 10.5 Å². The van der Waals surface area contributed by atoms with Gasteiger partial charge in [-0.15, -0.1) is 0 Å². The van der Waals surface area contributed by atoms with Crippen molar-refractivity contribution in [2.24, 2.45) is 0 Å². The number of methoxy groups -OCH3 is 1. The van der Waals surface area contributed by atoms with Gasteiger partial charge in [0.2, 0.25) is 0 Å². The minimum Gasteiger partial charge on any atom is -0.384 e. The van der Waals surface area contributed by atoms with Crippen LogP contribution in [-0.4, -0.2) is 26.9 Å². The minimum absolute atomic E-state index is 0.419. The number of aryl methyl sites for hydroxylation is 1. The molecule has 0 atom stereocenters. The lowest BCUT2D eigenvalue weighted by Gasteiger charge is -2.03. The lowest BCUT2D eigenvalue weighted by molar-refractivity contribution is 0.181. The van der Waals surface area contributed by atoms with Crippen molar-refractivity contribution in [2.75, 3.05) is 12.8 Å². The van der Waals surface area contributed by atoms with Crippen LogP contribution in [0.25, 0.3) is 11.4 Å². The van der Waals surface area contributed by atoms with Gasteiger partial charge in [-0.05, 0) is 6.42 Å². The Bertz CT molecular complexity index is 523. The van der Waals surface area contributed by atoms with Crippen LogP contribution in [0, 0.1) is 0 Å². The molecule has 0 aliphatic rings. The number of aromatic nitrogens is 4. The molecule has 2 rings (SSSR count). The summed E-state index contributed by atoms with van der Waals surface area (Å²) in [7, 11) is 1.62. The molecule has 2 aromatic rings. The molecule has 0 bridgehead atoms. The van der Waals surface area contributed by atoms with E-state index < -0.39 is 0 Å². The monoisotopic (exact) mass is 247 g/mol. The standard InChI is InChI=1S/C12H17N5O/c1-3-4-17-7-9(6-14-17)12-15-10(8-18-2)5-11(13)16-12/h5-7H,3-4,8H2,1-2H3,(H2,13,15,16). The molecule has 0 unspecified atom stereocenters. The van der Waals surface area contributed by atoms with E-state index in [1.165, 1.54) is 0 Å². The molecule has 0 fully saturated rings. The van der Waals surface area contributed by atoms with Crippen LogP contribution in [0.2, 0.25) is 0 Å². The van der Waals surface area contributed by atoms with Crippen LogP contribution in [0.3, 0.4) is 0 Å². The fourth-order valence-corrected chi connectivity index (χ4v) is 1.70. The number of nitrogens with zero attached hydrogens (tertiary/aromatic N) is 4. The zero-order valence-corrected chi connectivity index (χ0v) is 10.6. The third-order valence-corrected chi connectivity index (χ3v) is 2.44. The maximum absolute atomic E-state index is 5.76.